The molecule has 1 amide bonds. The Balaban J connectivity index is 2.20. The van der Waals surface area contributed by atoms with Crippen LogP contribution in [0.1, 0.15) is 39.5 Å². The van der Waals surface area contributed by atoms with Crippen molar-refractivity contribution in [3.8, 4) is 0 Å². The Kier molecular flexibility index (Phi) is 2.91. The summed E-state index contributed by atoms with van der Waals surface area (Å²) in [6.45, 7) is 4.22. The number of carbonyl (C=O) groups is 2. The van der Waals surface area contributed by atoms with E-state index in [2.05, 4.69) is 12.2 Å². The van der Waals surface area contributed by atoms with Crippen LogP contribution in [0.4, 0.5) is 0 Å². The molecule has 1 saturated heterocycles. The first-order valence-electron chi connectivity index (χ1n) is 6.10. The minimum absolute atomic E-state index is 0.00759. The van der Waals surface area contributed by atoms with Crippen molar-refractivity contribution in [3.63, 3.8) is 0 Å². The standard InChI is InChI=1S/C12H19NO3/c1-3-12(8-5-6-8)7-9(14)13-10(12)11(15)16-4-2/h8,10H,3-7H2,1-2H3,(H,13,14). The van der Waals surface area contributed by atoms with Gasteiger partial charge in [-0.15, -0.1) is 0 Å². The molecule has 0 radical (unpaired) electrons. The molecule has 0 spiro atoms. The van der Waals surface area contributed by atoms with E-state index in [4.69, 9.17) is 4.74 Å². The summed E-state index contributed by atoms with van der Waals surface area (Å²) < 4.78 is 5.06. The zero-order valence-electron chi connectivity index (χ0n) is 9.91. The van der Waals surface area contributed by atoms with E-state index in [0.29, 0.717) is 18.9 Å². The second kappa shape index (κ2) is 4.07. The molecule has 16 heavy (non-hydrogen) atoms. The van der Waals surface area contributed by atoms with Gasteiger partial charge in [-0.05, 0) is 32.1 Å². The second-order valence-electron chi connectivity index (χ2n) is 4.79. The van der Waals surface area contributed by atoms with Gasteiger partial charge in [0.1, 0.15) is 6.04 Å². The van der Waals surface area contributed by atoms with E-state index >= 15 is 0 Å². The topological polar surface area (TPSA) is 55.4 Å². The zero-order chi connectivity index (χ0) is 11.8. The van der Waals surface area contributed by atoms with Crippen LogP contribution in [0.5, 0.6) is 0 Å². The van der Waals surface area contributed by atoms with E-state index in [9.17, 15) is 9.59 Å². The lowest BCUT2D eigenvalue weighted by Crippen LogP contribution is -2.45. The van der Waals surface area contributed by atoms with E-state index in [0.717, 1.165) is 19.3 Å². The summed E-state index contributed by atoms with van der Waals surface area (Å²) in [4.78, 5) is 23.4. The number of nitrogens with one attached hydrogen (secondary N) is 1. The molecule has 1 N–H and O–H groups in total. The monoisotopic (exact) mass is 225 g/mol. The summed E-state index contributed by atoms with van der Waals surface area (Å²) >= 11 is 0. The molecule has 2 fully saturated rings. The Morgan fingerprint density at radius 2 is 2.19 bits per heavy atom. The third-order valence-corrected chi connectivity index (χ3v) is 3.94. The SMILES string of the molecule is CCOC(=O)C1NC(=O)CC1(CC)C1CC1. The Labute approximate surface area is 95.7 Å². The molecular formula is C12H19NO3. The van der Waals surface area contributed by atoms with Crippen LogP contribution in [0.2, 0.25) is 0 Å². The largest absolute Gasteiger partial charge is 0.464 e. The fourth-order valence-electron chi connectivity index (χ4n) is 2.93. The average molecular weight is 225 g/mol. The molecule has 90 valence electrons. The molecule has 0 aromatic carbocycles. The van der Waals surface area contributed by atoms with Gasteiger partial charge in [0.25, 0.3) is 0 Å². The molecule has 2 aliphatic rings. The fourth-order valence-corrected chi connectivity index (χ4v) is 2.93. The van der Waals surface area contributed by atoms with Crippen molar-refractivity contribution >= 4 is 11.9 Å². The summed E-state index contributed by atoms with van der Waals surface area (Å²) in [5.74, 6) is 0.250. The Morgan fingerprint density at radius 1 is 1.50 bits per heavy atom. The second-order valence-corrected chi connectivity index (χ2v) is 4.79. The number of hydrogen-bond donors (Lipinski definition) is 1. The summed E-state index contributed by atoms with van der Waals surface area (Å²) in [7, 11) is 0. The summed E-state index contributed by atoms with van der Waals surface area (Å²) in [5, 5.41) is 2.79. The van der Waals surface area contributed by atoms with E-state index in [1.54, 1.807) is 6.92 Å². The maximum Gasteiger partial charge on any atom is 0.329 e. The van der Waals surface area contributed by atoms with Crippen molar-refractivity contribution in [1.29, 1.82) is 0 Å². The van der Waals surface area contributed by atoms with Crippen LogP contribution < -0.4 is 5.32 Å². The maximum atomic E-state index is 11.9. The van der Waals surface area contributed by atoms with Crippen LogP contribution in [0.3, 0.4) is 0 Å². The van der Waals surface area contributed by atoms with Crippen molar-refractivity contribution < 1.29 is 14.3 Å². The Morgan fingerprint density at radius 3 is 2.69 bits per heavy atom. The molecule has 2 rings (SSSR count). The Bertz CT molecular complexity index is 311. The van der Waals surface area contributed by atoms with E-state index in [1.807, 2.05) is 0 Å². The lowest BCUT2D eigenvalue weighted by Gasteiger charge is -2.31. The number of carbonyl (C=O) groups excluding carboxylic acids is 2. The first kappa shape index (κ1) is 11.4. The lowest BCUT2D eigenvalue weighted by atomic mass is 9.73. The minimum Gasteiger partial charge on any atom is -0.464 e. The maximum absolute atomic E-state index is 11.9. The first-order chi connectivity index (χ1) is 7.64. The van der Waals surface area contributed by atoms with Gasteiger partial charge in [0, 0.05) is 11.8 Å². The van der Waals surface area contributed by atoms with E-state index < -0.39 is 6.04 Å². The highest BCUT2D eigenvalue weighted by atomic mass is 16.5. The van der Waals surface area contributed by atoms with Gasteiger partial charge < -0.3 is 10.1 Å². The molecule has 1 heterocycles. The summed E-state index contributed by atoms with van der Waals surface area (Å²) in [5.41, 5.74) is -0.177. The van der Waals surface area contributed by atoms with Crippen molar-refractivity contribution in [2.24, 2.45) is 11.3 Å². The van der Waals surface area contributed by atoms with Crippen LogP contribution in [0.25, 0.3) is 0 Å². The predicted octanol–water partition coefficient (Wildman–Crippen LogP) is 1.24. The minimum atomic E-state index is -0.419. The number of hydrogen-bond acceptors (Lipinski definition) is 3. The molecule has 2 atom stereocenters. The summed E-state index contributed by atoms with van der Waals surface area (Å²) in [6.07, 6.45) is 3.62. The van der Waals surface area contributed by atoms with Crippen LogP contribution in [0, 0.1) is 11.3 Å². The Hall–Kier alpha value is -1.06. The summed E-state index contributed by atoms with van der Waals surface area (Å²) in [6, 6.07) is -0.419. The van der Waals surface area contributed by atoms with Gasteiger partial charge in [-0.2, -0.15) is 0 Å². The molecule has 4 heteroatoms. The molecule has 0 aromatic rings. The number of amides is 1. The third-order valence-electron chi connectivity index (χ3n) is 3.94. The molecule has 1 aliphatic carbocycles. The smallest absolute Gasteiger partial charge is 0.329 e. The van der Waals surface area contributed by atoms with Crippen molar-refractivity contribution in [1.82, 2.24) is 5.32 Å². The highest BCUT2D eigenvalue weighted by molar-refractivity contribution is 5.90. The number of rotatable bonds is 4. The van der Waals surface area contributed by atoms with Gasteiger partial charge in [0.2, 0.25) is 5.91 Å². The van der Waals surface area contributed by atoms with Crippen molar-refractivity contribution in [2.75, 3.05) is 6.61 Å². The third kappa shape index (κ3) is 1.70. The van der Waals surface area contributed by atoms with Gasteiger partial charge in [-0.25, -0.2) is 4.79 Å². The quantitative estimate of drug-likeness (QED) is 0.732. The molecule has 0 bridgehead atoms. The number of esters is 1. The molecule has 1 aliphatic heterocycles. The zero-order valence-corrected chi connectivity index (χ0v) is 9.91. The van der Waals surface area contributed by atoms with Gasteiger partial charge >= 0.3 is 5.97 Å². The van der Waals surface area contributed by atoms with E-state index in [1.165, 1.54) is 0 Å². The predicted molar refractivity (Wildman–Crippen MR) is 58.6 cm³/mol. The van der Waals surface area contributed by atoms with Crippen LogP contribution in [-0.4, -0.2) is 24.5 Å². The van der Waals surface area contributed by atoms with Gasteiger partial charge in [-0.1, -0.05) is 6.92 Å². The highest BCUT2D eigenvalue weighted by Gasteiger charge is 2.57. The molecule has 4 nitrogen and oxygen atoms in total. The van der Waals surface area contributed by atoms with Gasteiger partial charge in [0.15, 0.2) is 0 Å². The molecule has 1 saturated carbocycles. The van der Waals surface area contributed by atoms with Gasteiger partial charge in [0.05, 0.1) is 6.61 Å². The van der Waals surface area contributed by atoms with Crippen LogP contribution in [0.15, 0.2) is 0 Å². The average Bonchev–Trinajstić information content (AvgIpc) is 3.03. The van der Waals surface area contributed by atoms with Crippen molar-refractivity contribution in [3.05, 3.63) is 0 Å². The fraction of sp³-hybridized carbons (Fsp3) is 0.833. The van der Waals surface area contributed by atoms with Crippen LogP contribution >= 0.6 is 0 Å². The lowest BCUT2D eigenvalue weighted by molar-refractivity contribution is -0.149. The van der Waals surface area contributed by atoms with Crippen LogP contribution in [-0.2, 0) is 14.3 Å². The molecular weight excluding hydrogens is 206 g/mol. The highest BCUT2D eigenvalue weighted by Crippen LogP contribution is 2.54. The number of ether oxygens (including phenoxy) is 1. The van der Waals surface area contributed by atoms with E-state index in [-0.39, 0.29) is 17.3 Å². The van der Waals surface area contributed by atoms with Crippen molar-refractivity contribution in [2.45, 2.75) is 45.6 Å². The normalized spacial score (nSPS) is 33.6. The molecule has 0 aromatic heterocycles. The first-order valence-corrected chi connectivity index (χ1v) is 6.10. The van der Waals surface area contributed by atoms with Gasteiger partial charge in [-0.3, -0.25) is 4.79 Å². The molecule has 2 unspecified atom stereocenters.